The summed E-state index contributed by atoms with van der Waals surface area (Å²) in [5.74, 6) is -1.03. The molecule has 0 unspecified atom stereocenters. The predicted molar refractivity (Wildman–Crippen MR) is 52.2 cm³/mol. The standard InChI is InChI=1S/C10H11NO3/c1-8-4-2-3-5-9(8)11(7-12)6-10(13)14/h2-5,7H,6H2,1H3,(H,13,14). The first-order valence-electron chi connectivity index (χ1n) is 4.14. The number of benzene rings is 1. The molecule has 0 aliphatic rings. The molecule has 14 heavy (non-hydrogen) atoms. The van der Waals surface area contributed by atoms with Crippen LogP contribution in [0.1, 0.15) is 5.56 Å². The monoisotopic (exact) mass is 193 g/mol. The Kier molecular flexibility index (Phi) is 3.23. The molecule has 0 bridgehead atoms. The second kappa shape index (κ2) is 4.41. The highest BCUT2D eigenvalue weighted by Crippen LogP contribution is 2.17. The van der Waals surface area contributed by atoms with Crippen LogP contribution in [-0.2, 0) is 9.59 Å². The van der Waals surface area contributed by atoms with Gasteiger partial charge in [-0.3, -0.25) is 9.59 Å². The SMILES string of the molecule is Cc1ccccc1N(C=O)CC(=O)O. The first kappa shape index (κ1) is 10.2. The van der Waals surface area contributed by atoms with Crippen LogP contribution < -0.4 is 4.90 Å². The molecular weight excluding hydrogens is 182 g/mol. The van der Waals surface area contributed by atoms with Crippen molar-refractivity contribution in [3.63, 3.8) is 0 Å². The smallest absolute Gasteiger partial charge is 0.323 e. The number of carboxylic acid groups (broad SMARTS) is 1. The van der Waals surface area contributed by atoms with Crippen molar-refractivity contribution in [2.75, 3.05) is 11.4 Å². The maximum absolute atomic E-state index is 10.7. The van der Waals surface area contributed by atoms with Crippen LogP contribution >= 0.6 is 0 Å². The van der Waals surface area contributed by atoms with Crippen molar-refractivity contribution in [2.24, 2.45) is 0 Å². The van der Waals surface area contributed by atoms with Gasteiger partial charge in [-0.15, -0.1) is 0 Å². The summed E-state index contributed by atoms with van der Waals surface area (Å²) in [5.41, 5.74) is 1.51. The number of anilines is 1. The molecule has 0 radical (unpaired) electrons. The molecule has 1 amide bonds. The Bertz CT molecular complexity index is 349. The van der Waals surface area contributed by atoms with Gasteiger partial charge in [0.05, 0.1) is 0 Å². The molecule has 1 aromatic rings. The third-order valence-electron chi connectivity index (χ3n) is 1.86. The lowest BCUT2D eigenvalue weighted by atomic mass is 10.2. The number of carboxylic acids is 1. The van der Waals surface area contributed by atoms with Gasteiger partial charge in [-0.1, -0.05) is 18.2 Å². The highest BCUT2D eigenvalue weighted by molar-refractivity contribution is 5.85. The summed E-state index contributed by atoms with van der Waals surface area (Å²) >= 11 is 0. The number of rotatable bonds is 4. The van der Waals surface area contributed by atoms with Gasteiger partial charge in [-0.05, 0) is 18.6 Å². The number of carbonyl (C=O) groups excluding carboxylic acids is 1. The fourth-order valence-corrected chi connectivity index (χ4v) is 1.21. The molecule has 74 valence electrons. The quantitative estimate of drug-likeness (QED) is 0.727. The number of aliphatic carboxylic acids is 1. The van der Waals surface area contributed by atoms with Crippen LogP contribution in [0.4, 0.5) is 5.69 Å². The van der Waals surface area contributed by atoms with Crippen LogP contribution in [0.2, 0.25) is 0 Å². The van der Waals surface area contributed by atoms with Gasteiger partial charge in [-0.2, -0.15) is 0 Å². The van der Waals surface area contributed by atoms with E-state index >= 15 is 0 Å². The van der Waals surface area contributed by atoms with Gasteiger partial charge in [0.2, 0.25) is 6.41 Å². The topological polar surface area (TPSA) is 57.6 Å². The average molecular weight is 193 g/mol. The van der Waals surface area contributed by atoms with Crippen LogP contribution in [0.15, 0.2) is 24.3 Å². The lowest BCUT2D eigenvalue weighted by Gasteiger charge is -2.16. The van der Waals surface area contributed by atoms with Crippen molar-refractivity contribution < 1.29 is 14.7 Å². The summed E-state index contributed by atoms with van der Waals surface area (Å²) in [4.78, 5) is 22.3. The first-order valence-corrected chi connectivity index (χ1v) is 4.14. The van der Waals surface area contributed by atoms with E-state index in [9.17, 15) is 9.59 Å². The number of para-hydroxylation sites is 1. The van der Waals surface area contributed by atoms with Crippen molar-refractivity contribution in [1.82, 2.24) is 0 Å². The van der Waals surface area contributed by atoms with E-state index in [2.05, 4.69) is 0 Å². The normalized spacial score (nSPS) is 9.50. The van der Waals surface area contributed by atoms with Gasteiger partial charge in [0.25, 0.3) is 0 Å². The number of nitrogens with zero attached hydrogens (tertiary/aromatic N) is 1. The highest BCUT2D eigenvalue weighted by atomic mass is 16.4. The molecule has 0 saturated carbocycles. The lowest BCUT2D eigenvalue weighted by molar-refractivity contribution is -0.136. The van der Waals surface area contributed by atoms with Crippen molar-refractivity contribution in [3.05, 3.63) is 29.8 Å². The predicted octanol–water partition coefficient (Wildman–Crippen LogP) is 1.04. The van der Waals surface area contributed by atoms with Crippen molar-refractivity contribution >= 4 is 18.1 Å². The third-order valence-corrected chi connectivity index (χ3v) is 1.86. The van der Waals surface area contributed by atoms with E-state index in [4.69, 9.17) is 5.11 Å². The van der Waals surface area contributed by atoms with Crippen molar-refractivity contribution in [2.45, 2.75) is 6.92 Å². The van der Waals surface area contributed by atoms with Crippen LogP contribution in [0.25, 0.3) is 0 Å². The summed E-state index contributed by atoms with van der Waals surface area (Å²) < 4.78 is 0. The molecule has 0 aliphatic carbocycles. The summed E-state index contributed by atoms with van der Waals surface area (Å²) in [5, 5.41) is 8.57. The highest BCUT2D eigenvalue weighted by Gasteiger charge is 2.10. The van der Waals surface area contributed by atoms with Crippen LogP contribution in [0, 0.1) is 6.92 Å². The summed E-state index contributed by atoms with van der Waals surface area (Å²) in [6.07, 6.45) is 0.524. The second-order valence-corrected chi connectivity index (χ2v) is 2.91. The molecule has 0 spiro atoms. The molecule has 1 rings (SSSR count). The Balaban J connectivity index is 2.94. The summed E-state index contributed by atoms with van der Waals surface area (Å²) in [6, 6.07) is 7.14. The number of hydrogen-bond donors (Lipinski definition) is 1. The van der Waals surface area contributed by atoms with Crippen LogP contribution in [-0.4, -0.2) is 24.0 Å². The van der Waals surface area contributed by atoms with E-state index in [1.807, 2.05) is 19.1 Å². The molecule has 1 aromatic carbocycles. The maximum atomic E-state index is 10.7. The minimum atomic E-state index is -1.03. The Morgan fingerprint density at radius 1 is 1.50 bits per heavy atom. The van der Waals surface area contributed by atoms with Crippen LogP contribution in [0.5, 0.6) is 0 Å². The number of carbonyl (C=O) groups is 2. The fraction of sp³-hybridized carbons (Fsp3) is 0.200. The summed E-state index contributed by atoms with van der Waals surface area (Å²) in [6.45, 7) is 1.52. The van der Waals surface area contributed by atoms with Gasteiger partial charge < -0.3 is 10.0 Å². The molecule has 4 nitrogen and oxygen atoms in total. The Morgan fingerprint density at radius 2 is 2.14 bits per heavy atom. The van der Waals surface area contributed by atoms with Crippen molar-refractivity contribution in [3.8, 4) is 0 Å². The van der Waals surface area contributed by atoms with Gasteiger partial charge in [0.1, 0.15) is 6.54 Å². The lowest BCUT2D eigenvalue weighted by Crippen LogP contribution is -2.28. The van der Waals surface area contributed by atoms with E-state index in [0.717, 1.165) is 10.5 Å². The van der Waals surface area contributed by atoms with E-state index in [-0.39, 0.29) is 6.54 Å². The molecule has 0 aromatic heterocycles. The van der Waals surface area contributed by atoms with Gasteiger partial charge >= 0.3 is 5.97 Å². The second-order valence-electron chi connectivity index (χ2n) is 2.91. The number of amides is 1. The van der Waals surface area contributed by atoms with Gasteiger partial charge in [0.15, 0.2) is 0 Å². The average Bonchev–Trinajstić information content (AvgIpc) is 2.15. The Morgan fingerprint density at radius 3 is 2.64 bits per heavy atom. The zero-order chi connectivity index (χ0) is 10.6. The number of hydrogen-bond acceptors (Lipinski definition) is 2. The fourth-order valence-electron chi connectivity index (χ4n) is 1.21. The van der Waals surface area contributed by atoms with Crippen LogP contribution in [0.3, 0.4) is 0 Å². The maximum Gasteiger partial charge on any atom is 0.323 e. The van der Waals surface area contributed by atoms with E-state index in [1.54, 1.807) is 12.1 Å². The molecule has 0 saturated heterocycles. The zero-order valence-electron chi connectivity index (χ0n) is 7.80. The molecular formula is C10H11NO3. The largest absolute Gasteiger partial charge is 0.480 e. The molecule has 0 heterocycles. The molecule has 4 heteroatoms. The minimum absolute atomic E-state index is 0.311. The Labute approximate surface area is 81.8 Å². The van der Waals surface area contributed by atoms with E-state index in [1.165, 1.54) is 0 Å². The molecule has 0 aliphatic heterocycles. The molecule has 0 atom stereocenters. The van der Waals surface area contributed by atoms with Gasteiger partial charge in [0, 0.05) is 5.69 Å². The molecule has 1 N–H and O–H groups in total. The first-order chi connectivity index (χ1) is 6.65. The Hall–Kier alpha value is -1.84. The third kappa shape index (κ3) is 2.32. The number of aryl methyl sites for hydroxylation is 1. The summed E-state index contributed by atoms with van der Waals surface area (Å²) in [7, 11) is 0. The zero-order valence-corrected chi connectivity index (χ0v) is 7.80. The van der Waals surface area contributed by atoms with E-state index in [0.29, 0.717) is 12.1 Å². The van der Waals surface area contributed by atoms with Crippen molar-refractivity contribution in [1.29, 1.82) is 0 Å². The minimum Gasteiger partial charge on any atom is -0.480 e. The van der Waals surface area contributed by atoms with Gasteiger partial charge in [-0.25, -0.2) is 0 Å². The van der Waals surface area contributed by atoms with E-state index < -0.39 is 5.97 Å². The molecule has 0 fully saturated rings.